The number of nitrogens with zero attached hydrogens (tertiary/aromatic N) is 2. The second-order valence-electron chi connectivity index (χ2n) is 4.19. The summed E-state index contributed by atoms with van der Waals surface area (Å²) in [5, 5.41) is 27.6. The van der Waals surface area contributed by atoms with E-state index in [1.807, 2.05) is 0 Å². The highest BCUT2D eigenvalue weighted by Gasteiger charge is 2.24. The summed E-state index contributed by atoms with van der Waals surface area (Å²) >= 11 is 0. The molecule has 2 aromatic carbocycles. The van der Waals surface area contributed by atoms with Crippen LogP contribution in [0.1, 0.15) is 0 Å². The number of benzene rings is 2. The number of rotatable bonds is 2. The second kappa shape index (κ2) is 4.19. The van der Waals surface area contributed by atoms with E-state index in [0.29, 0.717) is 22.7 Å². The highest BCUT2D eigenvalue weighted by molar-refractivity contribution is 5.94. The maximum Gasteiger partial charge on any atom is 0.294 e. The van der Waals surface area contributed by atoms with Crippen LogP contribution in [0.3, 0.4) is 0 Å². The van der Waals surface area contributed by atoms with Crippen LogP contribution in [-0.4, -0.2) is 9.85 Å². The first kappa shape index (κ1) is 11.9. The molecule has 20 heavy (non-hydrogen) atoms. The van der Waals surface area contributed by atoms with E-state index in [0.717, 1.165) is 0 Å². The summed E-state index contributed by atoms with van der Waals surface area (Å²) in [5.74, 6) is 0. The van der Waals surface area contributed by atoms with Gasteiger partial charge in [-0.25, -0.2) is 0 Å². The van der Waals surface area contributed by atoms with E-state index < -0.39 is 9.85 Å². The molecule has 0 unspecified atom stereocenters. The van der Waals surface area contributed by atoms with Crippen molar-refractivity contribution in [1.82, 2.24) is 0 Å². The molecule has 0 saturated heterocycles. The predicted molar refractivity (Wildman–Crippen MR) is 72.8 cm³/mol. The smallest absolute Gasteiger partial charge is 0.294 e. The van der Waals surface area contributed by atoms with Crippen LogP contribution >= 0.6 is 0 Å². The van der Waals surface area contributed by atoms with E-state index in [1.54, 1.807) is 12.1 Å². The first-order valence-electron chi connectivity index (χ1n) is 5.66. The molecule has 0 aliphatic carbocycles. The van der Waals surface area contributed by atoms with Crippen LogP contribution in [0.4, 0.5) is 34.1 Å². The van der Waals surface area contributed by atoms with Gasteiger partial charge in [0.1, 0.15) is 5.69 Å². The number of fused-ring (bicyclic) bond motifs is 2. The number of nitrogens with one attached hydrogen (secondary N) is 2. The van der Waals surface area contributed by atoms with E-state index in [-0.39, 0.29) is 11.4 Å². The van der Waals surface area contributed by atoms with Crippen molar-refractivity contribution in [3.63, 3.8) is 0 Å². The molecule has 0 aromatic heterocycles. The van der Waals surface area contributed by atoms with Gasteiger partial charge >= 0.3 is 0 Å². The summed E-state index contributed by atoms with van der Waals surface area (Å²) < 4.78 is 0. The maximum atomic E-state index is 11.0. The molecule has 8 nitrogen and oxygen atoms in total. The van der Waals surface area contributed by atoms with Crippen molar-refractivity contribution >= 4 is 34.1 Å². The third-order valence-corrected chi connectivity index (χ3v) is 2.98. The van der Waals surface area contributed by atoms with Crippen LogP contribution in [0.15, 0.2) is 36.4 Å². The monoisotopic (exact) mass is 272 g/mol. The van der Waals surface area contributed by atoms with Gasteiger partial charge in [0.2, 0.25) is 0 Å². The molecular weight excluding hydrogens is 264 g/mol. The van der Waals surface area contributed by atoms with Gasteiger partial charge < -0.3 is 10.6 Å². The maximum absolute atomic E-state index is 11.0. The van der Waals surface area contributed by atoms with Gasteiger partial charge in [-0.05, 0) is 12.1 Å². The highest BCUT2D eigenvalue weighted by atomic mass is 16.6. The Morgan fingerprint density at radius 1 is 0.850 bits per heavy atom. The predicted octanol–water partition coefficient (Wildman–Crippen LogP) is 3.30. The van der Waals surface area contributed by atoms with Crippen molar-refractivity contribution in [1.29, 1.82) is 0 Å². The van der Waals surface area contributed by atoms with Gasteiger partial charge in [0.05, 0.1) is 26.9 Å². The lowest BCUT2D eigenvalue weighted by Gasteiger charge is -2.22. The molecule has 0 bridgehead atoms. The lowest BCUT2D eigenvalue weighted by molar-refractivity contribution is -0.384. The minimum Gasteiger partial charge on any atom is -0.352 e. The van der Waals surface area contributed by atoms with E-state index in [9.17, 15) is 20.2 Å². The summed E-state index contributed by atoms with van der Waals surface area (Å²) in [5.41, 5.74) is 1.81. The lowest BCUT2D eigenvalue weighted by atomic mass is 10.1. The lowest BCUT2D eigenvalue weighted by Crippen LogP contribution is -2.08. The molecule has 0 amide bonds. The number of hydrogen-bond donors (Lipinski definition) is 2. The molecule has 8 heteroatoms. The molecule has 0 saturated carbocycles. The third-order valence-electron chi connectivity index (χ3n) is 2.98. The summed E-state index contributed by atoms with van der Waals surface area (Å²) in [6.45, 7) is 0. The Kier molecular flexibility index (Phi) is 2.50. The number of para-hydroxylation sites is 1. The van der Waals surface area contributed by atoms with Crippen molar-refractivity contribution in [3.8, 4) is 0 Å². The summed E-state index contributed by atoms with van der Waals surface area (Å²) in [7, 11) is 0. The molecule has 0 fully saturated rings. The van der Waals surface area contributed by atoms with Crippen molar-refractivity contribution in [2.24, 2.45) is 0 Å². The van der Waals surface area contributed by atoms with Crippen LogP contribution in [-0.2, 0) is 0 Å². The molecule has 0 radical (unpaired) electrons. The fraction of sp³-hybridized carbons (Fsp3) is 0. The van der Waals surface area contributed by atoms with Crippen molar-refractivity contribution in [2.75, 3.05) is 10.6 Å². The van der Waals surface area contributed by atoms with E-state index >= 15 is 0 Å². The summed E-state index contributed by atoms with van der Waals surface area (Å²) in [4.78, 5) is 20.7. The fourth-order valence-electron chi connectivity index (χ4n) is 2.07. The van der Waals surface area contributed by atoms with Gasteiger partial charge in [0.25, 0.3) is 11.4 Å². The minimum atomic E-state index is -0.495. The van der Waals surface area contributed by atoms with Crippen LogP contribution in [0, 0.1) is 20.2 Å². The topological polar surface area (TPSA) is 110 Å². The Morgan fingerprint density at radius 2 is 1.65 bits per heavy atom. The number of nitro groups is 2. The highest BCUT2D eigenvalue weighted by Crippen LogP contribution is 2.43. The van der Waals surface area contributed by atoms with Crippen LogP contribution in [0.25, 0.3) is 0 Å². The van der Waals surface area contributed by atoms with E-state index in [1.165, 1.54) is 24.3 Å². The SMILES string of the molecule is O=[N+]([O-])c1ccc2c(c1)Nc1cccc([N+](=O)[O-])c1N2. The Hall–Kier alpha value is -3.16. The molecule has 100 valence electrons. The van der Waals surface area contributed by atoms with E-state index in [2.05, 4.69) is 10.6 Å². The molecule has 1 aliphatic rings. The number of non-ortho nitro benzene ring substituents is 1. The Bertz CT molecular complexity index is 744. The average Bonchev–Trinajstić information content (AvgIpc) is 2.43. The summed E-state index contributed by atoms with van der Waals surface area (Å²) in [6, 6.07) is 8.84. The van der Waals surface area contributed by atoms with Crippen molar-refractivity contribution < 1.29 is 9.85 Å². The Balaban J connectivity index is 2.08. The minimum absolute atomic E-state index is 0.0491. The van der Waals surface area contributed by atoms with Gasteiger partial charge in [-0.3, -0.25) is 20.2 Å². The molecule has 1 heterocycles. The second-order valence-corrected chi connectivity index (χ2v) is 4.19. The zero-order valence-electron chi connectivity index (χ0n) is 9.99. The third kappa shape index (κ3) is 1.79. The fourth-order valence-corrected chi connectivity index (χ4v) is 2.07. The Labute approximate surface area is 112 Å². The van der Waals surface area contributed by atoms with E-state index in [4.69, 9.17) is 0 Å². The average molecular weight is 272 g/mol. The van der Waals surface area contributed by atoms with Gasteiger partial charge in [-0.2, -0.15) is 0 Å². The molecule has 1 aliphatic heterocycles. The molecule has 0 spiro atoms. The zero-order valence-corrected chi connectivity index (χ0v) is 9.99. The largest absolute Gasteiger partial charge is 0.352 e. The number of nitro benzene ring substituents is 2. The molecule has 2 aromatic rings. The summed E-state index contributed by atoms with van der Waals surface area (Å²) in [6.07, 6.45) is 0. The molecular formula is C12H8N4O4. The first-order valence-corrected chi connectivity index (χ1v) is 5.66. The van der Waals surface area contributed by atoms with Crippen LogP contribution in [0.5, 0.6) is 0 Å². The molecule has 2 N–H and O–H groups in total. The standard InChI is InChI=1S/C12H8N4O4/c17-15(18)7-4-5-8-10(6-7)13-9-2-1-3-11(16(19)20)12(9)14-8/h1-6,13-14H. The first-order chi connectivity index (χ1) is 9.56. The van der Waals surface area contributed by atoms with Crippen LogP contribution < -0.4 is 10.6 Å². The molecule has 0 atom stereocenters. The van der Waals surface area contributed by atoms with Crippen LogP contribution in [0.2, 0.25) is 0 Å². The Morgan fingerprint density at radius 3 is 2.35 bits per heavy atom. The molecule has 3 rings (SSSR count). The van der Waals surface area contributed by atoms with Gasteiger partial charge in [0, 0.05) is 18.2 Å². The number of anilines is 4. The number of hydrogen-bond acceptors (Lipinski definition) is 6. The van der Waals surface area contributed by atoms with Gasteiger partial charge in [-0.1, -0.05) is 6.07 Å². The van der Waals surface area contributed by atoms with Gasteiger partial charge in [-0.15, -0.1) is 0 Å². The van der Waals surface area contributed by atoms with Gasteiger partial charge in [0.15, 0.2) is 0 Å². The quantitative estimate of drug-likeness (QED) is 0.547. The van der Waals surface area contributed by atoms with Crippen molar-refractivity contribution in [2.45, 2.75) is 0 Å². The zero-order chi connectivity index (χ0) is 14.3. The van der Waals surface area contributed by atoms with Crippen molar-refractivity contribution in [3.05, 3.63) is 56.6 Å². The normalized spacial score (nSPS) is 11.6.